The Bertz CT molecular complexity index is 1340. The number of aromatic amines is 1. The average Bonchev–Trinajstić information content (AvgIpc) is 3.29. The van der Waals surface area contributed by atoms with Crippen LogP contribution >= 0.6 is 0 Å². The van der Waals surface area contributed by atoms with Crippen LogP contribution in [0.4, 0.5) is 0 Å². The minimum absolute atomic E-state index is 0.199. The molecule has 0 aliphatic carbocycles. The summed E-state index contributed by atoms with van der Waals surface area (Å²) >= 11 is 0. The third kappa shape index (κ3) is 5.67. The summed E-state index contributed by atoms with van der Waals surface area (Å²) in [6.45, 7) is 6.05. The third-order valence-corrected chi connectivity index (χ3v) is 6.01. The fourth-order valence-corrected chi connectivity index (χ4v) is 3.76. The lowest BCUT2D eigenvalue weighted by Gasteiger charge is -2.21. The molecule has 0 atom stereocenters. The highest BCUT2D eigenvalue weighted by atomic mass is 16.5. The van der Waals surface area contributed by atoms with E-state index in [9.17, 15) is 9.59 Å². The van der Waals surface area contributed by atoms with Gasteiger partial charge in [-0.15, -0.1) is 0 Å². The number of fused-ring (bicyclic) bond motifs is 1. The fraction of sp³-hybridized carbons (Fsp3) is 0.296. The van der Waals surface area contributed by atoms with Gasteiger partial charge in [-0.1, -0.05) is 42.5 Å². The molecule has 4 N–H and O–H groups in total. The van der Waals surface area contributed by atoms with E-state index in [1.165, 1.54) is 4.57 Å². The van der Waals surface area contributed by atoms with Gasteiger partial charge in [0.1, 0.15) is 17.7 Å². The van der Waals surface area contributed by atoms with Gasteiger partial charge in [-0.2, -0.15) is 4.98 Å². The molecule has 0 unspecified atom stereocenters. The molecule has 0 saturated carbocycles. The summed E-state index contributed by atoms with van der Waals surface area (Å²) in [4.78, 5) is 32.9. The van der Waals surface area contributed by atoms with Crippen molar-refractivity contribution in [3.8, 4) is 5.69 Å². The molecule has 0 aliphatic heterocycles. The van der Waals surface area contributed by atoms with E-state index in [0.717, 1.165) is 41.7 Å². The van der Waals surface area contributed by atoms with Crippen LogP contribution in [0.25, 0.3) is 16.7 Å². The molecule has 0 aliphatic rings. The van der Waals surface area contributed by atoms with Crippen LogP contribution in [0.15, 0.2) is 71.7 Å². The summed E-state index contributed by atoms with van der Waals surface area (Å²) in [5.74, 6) is -0.362. The highest BCUT2D eigenvalue weighted by molar-refractivity contribution is 5.85. The summed E-state index contributed by atoms with van der Waals surface area (Å²) < 4.78 is 7.06. The Balaban J connectivity index is 1.51. The van der Waals surface area contributed by atoms with Crippen LogP contribution < -0.4 is 16.7 Å². The van der Waals surface area contributed by atoms with Crippen LogP contribution in [0.1, 0.15) is 37.1 Å². The van der Waals surface area contributed by atoms with Gasteiger partial charge in [0.15, 0.2) is 0 Å². The largest absolute Gasteiger partial charge is 0.460 e. The van der Waals surface area contributed by atoms with E-state index >= 15 is 0 Å². The predicted molar refractivity (Wildman–Crippen MR) is 136 cm³/mol. The van der Waals surface area contributed by atoms with Gasteiger partial charge in [0, 0.05) is 23.8 Å². The number of nitrogens with two attached hydrogens (primary N) is 1. The Morgan fingerprint density at radius 3 is 2.57 bits per heavy atom. The molecule has 8 heteroatoms. The molecule has 4 aromatic rings. The molecule has 8 nitrogen and oxygen atoms in total. The van der Waals surface area contributed by atoms with Crippen molar-refractivity contribution in [1.82, 2.24) is 19.9 Å². The molecule has 0 bridgehead atoms. The van der Waals surface area contributed by atoms with E-state index in [1.807, 2.05) is 60.7 Å². The van der Waals surface area contributed by atoms with Crippen LogP contribution in [0, 0.1) is 0 Å². The second-order valence-corrected chi connectivity index (χ2v) is 9.05. The maximum absolute atomic E-state index is 12.9. The first-order valence-corrected chi connectivity index (χ1v) is 11.7. The molecular formula is C27H31N5O3. The lowest BCUT2D eigenvalue weighted by molar-refractivity contribution is -0.150. The van der Waals surface area contributed by atoms with E-state index in [1.54, 1.807) is 20.0 Å². The number of nitrogens with one attached hydrogen (secondary N) is 2. The van der Waals surface area contributed by atoms with Crippen LogP contribution in [-0.2, 0) is 28.1 Å². The summed E-state index contributed by atoms with van der Waals surface area (Å²) in [5.41, 5.74) is 8.01. The van der Waals surface area contributed by atoms with Crippen molar-refractivity contribution in [3.63, 3.8) is 0 Å². The van der Waals surface area contributed by atoms with Gasteiger partial charge in [0.2, 0.25) is 0 Å². The molecule has 0 spiro atoms. The number of hydrogen-bond acceptors (Lipinski definition) is 6. The molecule has 35 heavy (non-hydrogen) atoms. The molecule has 2 aromatic carbocycles. The van der Waals surface area contributed by atoms with Crippen molar-refractivity contribution >= 4 is 17.0 Å². The average molecular weight is 474 g/mol. The number of ether oxygens (including phenoxy) is 1. The predicted octanol–water partition coefficient (Wildman–Crippen LogP) is 3.17. The first kappa shape index (κ1) is 24.4. The van der Waals surface area contributed by atoms with E-state index in [4.69, 9.17) is 10.5 Å². The Hall–Kier alpha value is -3.75. The van der Waals surface area contributed by atoms with E-state index in [0.29, 0.717) is 17.9 Å². The van der Waals surface area contributed by atoms with Crippen molar-refractivity contribution in [2.24, 2.45) is 5.73 Å². The van der Waals surface area contributed by atoms with Gasteiger partial charge in [-0.05, 0) is 62.7 Å². The molecule has 4 rings (SSSR count). The van der Waals surface area contributed by atoms with E-state index in [-0.39, 0.29) is 12.6 Å². The molecule has 0 fully saturated rings. The van der Waals surface area contributed by atoms with Crippen molar-refractivity contribution in [3.05, 3.63) is 94.2 Å². The molecule has 0 amide bonds. The zero-order valence-electron chi connectivity index (χ0n) is 20.1. The normalized spacial score (nSPS) is 11.6. The monoisotopic (exact) mass is 473 g/mol. The molecular weight excluding hydrogens is 442 g/mol. The SMILES string of the molecule is CC(C)(C(=O)OCc1ccccc1)c1cc2cn(-c3ccc(CNCCCN)cc3)c(=O)nc2[nH]1. The zero-order valence-corrected chi connectivity index (χ0v) is 20.1. The summed E-state index contributed by atoms with van der Waals surface area (Å²) in [7, 11) is 0. The number of benzene rings is 2. The van der Waals surface area contributed by atoms with Crippen LogP contribution in [0.3, 0.4) is 0 Å². The van der Waals surface area contributed by atoms with Crippen molar-refractivity contribution in [1.29, 1.82) is 0 Å². The molecule has 2 aromatic heterocycles. The minimum Gasteiger partial charge on any atom is -0.460 e. The van der Waals surface area contributed by atoms with Gasteiger partial charge in [0.05, 0.1) is 5.69 Å². The van der Waals surface area contributed by atoms with Gasteiger partial charge < -0.3 is 20.8 Å². The molecule has 0 radical (unpaired) electrons. The zero-order chi connectivity index (χ0) is 24.8. The van der Waals surface area contributed by atoms with Gasteiger partial charge in [0.25, 0.3) is 0 Å². The van der Waals surface area contributed by atoms with Crippen molar-refractivity contribution in [2.45, 2.75) is 38.8 Å². The van der Waals surface area contributed by atoms with Crippen LogP contribution in [0.2, 0.25) is 0 Å². The Kier molecular flexibility index (Phi) is 7.43. The smallest absolute Gasteiger partial charge is 0.354 e. The number of carbonyl (C=O) groups excluding carboxylic acids is 1. The lowest BCUT2D eigenvalue weighted by atomic mass is 9.89. The van der Waals surface area contributed by atoms with Crippen LogP contribution in [0.5, 0.6) is 0 Å². The van der Waals surface area contributed by atoms with Crippen LogP contribution in [-0.4, -0.2) is 33.6 Å². The van der Waals surface area contributed by atoms with E-state index in [2.05, 4.69) is 15.3 Å². The molecule has 2 heterocycles. The summed E-state index contributed by atoms with van der Waals surface area (Å²) in [6.07, 6.45) is 2.67. The maximum Gasteiger partial charge on any atom is 0.354 e. The number of carbonyl (C=O) groups is 1. The first-order valence-electron chi connectivity index (χ1n) is 11.7. The second-order valence-electron chi connectivity index (χ2n) is 9.05. The number of esters is 1. The quantitative estimate of drug-likeness (QED) is 0.241. The number of rotatable bonds is 10. The molecule has 0 saturated heterocycles. The third-order valence-electron chi connectivity index (χ3n) is 6.01. The Labute approximate surface area is 204 Å². The standard InChI is InChI=1S/C27H31N5O3/c1-27(2,25(33)35-18-20-7-4-3-5-8-20)23-15-21-17-32(26(34)31-24(21)30-23)22-11-9-19(10-12-22)16-29-14-6-13-28/h3-5,7-12,15,17,29H,6,13-14,16,18,28H2,1-2H3,(H,30,31,34). The number of nitrogens with zero attached hydrogens (tertiary/aromatic N) is 2. The summed E-state index contributed by atoms with van der Waals surface area (Å²) in [6, 6.07) is 19.1. The Morgan fingerprint density at radius 1 is 1.11 bits per heavy atom. The molecule has 182 valence electrons. The summed E-state index contributed by atoms with van der Waals surface area (Å²) in [5, 5.41) is 4.07. The fourth-order valence-electron chi connectivity index (χ4n) is 3.76. The van der Waals surface area contributed by atoms with Gasteiger partial charge in [-0.3, -0.25) is 9.36 Å². The van der Waals surface area contributed by atoms with Gasteiger partial charge in [-0.25, -0.2) is 4.79 Å². The number of H-pyrrole nitrogens is 1. The van der Waals surface area contributed by atoms with Crippen molar-refractivity contribution < 1.29 is 9.53 Å². The number of aromatic nitrogens is 3. The topological polar surface area (TPSA) is 115 Å². The van der Waals surface area contributed by atoms with E-state index < -0.39 is 11.1 Å². The lowest BCUT2D eigenvalue weighted by Crippen LogP contribution is -2.31. The highest BCUT2D eigenvalue weighted by Crippen LogP contribution is 2.27. The minimum atomic E-state index is -0.943. The Morgan fingerprint density at radius 2 is 1.86 bits per heavy atom. The first-order chi connectivity index (χ1) is 16.9. The highest BCUT2D eigenvalue weighted by Gasteiger charge is 2.33. The van der Waals surface area contributed by atoms with Crippen molar-refractivity contribution in [2.75, 3.05) is 13.1 Å². The second kappa shape index (κ2) is 10.7. The van der Waals surface area contributed by atoms with Gasteiger partial charge >= 0.3 is 11.7 Å². The maximum atomic E-state index is 12.9. The number of hydrogen-bond donors (Lipinski definition) is 3.